The Morgan fingerprint density at radius 1 is 1.37 bits per heavy atom. The fourth-order valence-electron chi connectivity index (χ4n) is 1.77. The lowest BCUT2D eigenvalue weighted by Crippen LogP contribution is -2.41. The van der Waals surface area contributed by atoms with Gasteiger partial charge >= 0.3 is 0 Å². The van der Waals surface area contributed by atoms with E-state index in [1.807, 2.05) is 30.0 Å². The molecule has 1 aromatic carbocycles. The summed E-state index contributed by atoms with van der Waals surface area (Å²) in [5.74, 6) is 2.00. The molecular weight excluding hydrogens is 256 g/mol. The molecule has 106 valence electrons. The zero-order valence-corrected chi connectivity index (χ0v) is 12.4. The van der Waals surface area contributed by atoms with Crippen molar-refractivity contribution < 1.29 is 4.79 Å². The van der Waals surface area contributed by atoms with E-state index in [1.165, 1.54) is 5.56 Å². The number of aryl methyl sites for hydroxylation is 1. The summed E-state index contributed by atoms with van der Waals surface area (Å²) in [7, 11) is 0. The maximum absolute atomic E-state index is 11.7. The molecule has 19 heavy (non-hydrogen) atoms. The van der Waals surface area contributed by atoms with E-state index >= 15 is 0 Å². The van der Waals surface area contributed by atoms with Crippen molar-refractivity contribution in [3.05, 3.63) is 35.9 Å². The Morgan fingerprint density at radius 2 is 2.11 bits per heavy atom. The van der Waals surface area contributed by atoms with Gasteiger partial charge in [0.1, 0.15) is 0 Å². The second kappa shape index (κ2) is 9.87. The third-order valence-electron chi connectivity index (χ3n) is 2.90. The van der Waals surface area contributed by atoms with Gasteiger partial charge in [0.25, 0.3) is 0 Å². The quantitative estimate of drug-likeness (QED) is 0.682. The zero-order chi connectivity index (χ0) is 13.9. The van der Waals surface area contributed by atoms with E-state index in [1.54, 1.807) is 0 Å². The van der Waals surface area contributed by atoms with E-state index < -0.39 is 0 Å². The fraction of sp³-hybridized carbons (Fsp3) is 0.533. The maximum atomic E-state index is 11.7. The first kappa shape index (κ1) is 16.1. The first-order valence-electron chi connectivity index (χ1n) is 6.89. The van der Waals surface area contributed by atoms with Gasteiger partial charge in [0.2, 0.25) is 5.91 Å². The number of nitrogens with two attached hydrogens (primary N) is 1. The predicted molar refractivity (Wildman–Crippen MR) is 83.4 cm³/mol. The monoisotopic (exact) mass is 280 g/mol. The van der Waals surface area contributed by atoms with Crippen molar-refractivity contribution in [2.75, 3.05) is 18.1 Å². The minimum atomic E-state index is -0.365. The second-order valence-corrected chi connectivity index (χ2v) is 5.87. The summed E-state index contributed by atoms with van der Waals surface area (Å²) in [6, 6.07) is 9.93. The van der Waals surface area contributed by atoms with Gasteiger partial charge in [0.15, 0.2) is 0 Å². The highest BCUT2D eigenvalue weighted by atomic mass is 32.2. The molecule has 0 aliphatic heterocycles. The van der Waals surface area contributed by atoms with Gasteiger partial charge in [0, 0.05) is 6.54 Å². The molecule has 0 heterocycles. The van der Waals surface area contributed by atoms with Crippen molar-refractivity contribution in [1.82, 2.24) is 5.32 Å². The van der Waals surface area contributed by atoms with Gasteiger partial charge in [-0.2, -0.15) is 11.8 Å². The molecule has 1 aromatic rings. The molecule has 0 aromatic heterocycles. The van der Waals surface area contributed by atoms with Gasteiger partial charge in [-0.05, 0) is 36.3 Å². The van der Waals surface area contributed by atoms with E-state index in [9.17, 15) is 4.79 Å². The van der Waals surface area contributed by atoms with Crippen LogP contribution in [0.5, 0.6) is 0 Å². The molecule has 0 spiro atoms. The van der Waals surface area contributed by atoms with Crippen molar-refractivity contribution >= 4 is 17.7 Å². The Morgan fingerprint density at radius 3 is 2.79 bits per heavy atom. The molecule has 3 N–H and O–H groups in total. The SMILES string of the molecule is CCSCC[C@@H](N)C(=O)NCCCc1ccccc1. The van der Waals surface area contributed by atoms with Gasteiger partial charge in [0.05, 0.1) is 6.04 Å². The van der Waals surface area contributed by atoms with Crippen LogP contribution < -0.4 is 11.1 Å². The summed E-state index contributed by atoms with van der Waals surface area (Å²) in [4.78, 5) is 11.7. The summed E-state index contributed by atoms with van der Waals surface area (Å²) in [5, 5.41) is 2.91. The van der Waals surface area contributed by atoms with Crippen LogP contribution in [0.3, 0.4) is 0 Å². The van der Waals surface area contributed by atoms with Crippen molar-refractivity contribution in [2.24, 2.45) is 5.73 Å². The van der Waals surface area contributed by atoms with Crippen LogP contribution in [0.1, 0.15) is 25.3 Å². The Hall–Kier alpha value is -1.00. The third-order valence-corrected chi connectivity index (χ3v) is 3.83. The van der Waals surface area contributed by atoms with Crippen molar-refractivity contribution in [2.45, 2.75) is 32.2 Å². The normalized spacial score (nSPS) is 12.1. The number of amides is 1. The smallest absolute Gasteiger partial charge is 0.236 e. The van der Waals surface area contributed by atoms with Crippen LogP contribution in [0.2, 0.25) is 0 Å². The van der Waals surface area contributed by atoms with Crippen molar-refractivity contribution in [1.29, 1.82) is 0 Å². The Labute approximate surface area is 120 Å². The zero-order valence-electron chi connectivity index (χ0n) is 11.6. The van der Waals surface area contributed by atoms with Crippen LogP contribution in [0, 0.1) is 0 Å². The molecule has 0 saturated heterocycles. The molecule has 0 saturated carbocycles. The van der Waals surface area contributed by atoms with Gasteiger partial charge in [-0.3, -0.25) is 4.79 Å². The predicted octanol–water partition coefficient (Wildman–Crippen LogP) is 2.21. The summed E-state index contributed by atoms with van der Waals surface area (Å²) >= 11 is 1.82. The molecule has 0 bridgehead atoms. The molecule has 0 fully saturated rings. The van der Waals surface area contributed by atoms with Crippen LogP contribution in [0.15, 0.2) is 30.3 Å². The van der Waals surface area contributed by atoms with Crippen LogP contribution in [0.25, 0.3) is 0 Å². The van der Waals surface area contributed by atoms with Gasteiger partial charge in [-0.1, -0.05) is 37.3 Å². The number of carbonyl (C=O) groups is 1. The Kier molecular flexibility index (Phi) is 8.34. The first-order chi connectivity index (χ1) is 9.24. The number of hydrogen-bond donors (Lipinski definition) is 2. The summed E-state index contributed by atoms with van der Waals surface area (Å²) in [6.45, 7) is 2.81. The highest BCUT2D eigenvalue weighted by Crippen LogP contribution is 2.03. The highest BCUT2D eigenvalue weighted by molar-refractivity contribution is 7.99. The second-order valence-electron chi connectivity index (χ2n) is 4.47. The van der Waals surface area contributed by atoms with Crippen LogP contribution in [0.4, 0.5) is 0 Å². The number of nitrogens with one attached hydrogen (secondary N) is 1. The molecule has 1 atom stereocenters. The lowest BCUT2D eigenvalue weighted by atomic mass is 10.1. The van der Waals surface area contributed by atoms with Crippen LogP contribution >= 0.6 is 11.8 Å². The number of benzene rings is 1. The van der Waals surface area contributed by atoms with Crippen molar-refractivity contribution in [3.8, 4) is 0 Å². The van der Waals surface area contributed by atoms with Gasteiger partial charge in [-0.25, -0.2) is 0 Å². The van der Waals surface area contributed by atoms with Crippen LogP contribution in [-0.2, 0) is 11.2 Å². The molecule has 1 rings (SSSR count). The summed E-state index contributed by atoms with van der Waals surface area (Å²) in [6.07, 6.45) is 2.69. The molecule has 0 aliphatic rings. The van der Waals surface area contributed by atoms with E-state index in [0.717, 1.165) is 30.8 Å². The third kappa shape index (κ3) is 7.23. The average Bonchev–Trinajstić information content (AvgIpc) is 2.44. The molecule has 3 nitrogen and oxygen atoms in total. The first-order valence-corrected chi connectivity index (χ1v) is 8.04. The van der Waals surface area contributed by atoms with Crippen LogP contribution in [-0.4, -0.2) is 30.0 Å². The molecule has 0 aliphatic carbocycles. The lowest BCUT2D eigenvalue weighted by Gasteiger charge is -2.11. The number of rotatable bonds is 9. The van der Waals surface area contributed by atoms with E-state index in [2.05, 4.69) is 24.4 Å². The summed E-state index contributed by atoms with van der Waals surface area (Å²) in [5.41, 5.74) is 7.13. The molecule has 0 unspecified atom stereocenters. The Balaban J connectivity index is 2.09. The topological polar surface area (TPSA) is 55.1 Å². The standard InChI is InChI=1S/C15H24N2OS/c1-2-19-12-10-14(16)15(18)17-11-6-9-13-7-4-3-5-8-13/h3-5,7-8,14H,2,6,9-12,16H2,1H3,(H,17,18)/t14-/m1/s1. The van der Waals surface area contributed by atoms with Gasteiger partial charge in [-0.15, -0.1) is 0 Å². The number of carbonyl (C=O) groups excluding carboxylic acids is 1. The largest absolute Gasteiger partial charge is 0.355 e. The fourth-order valence-corrected chi connectivity index (χ4v) is 2.47. The minimum absolute atomic E-state index is 0.0234. The highest BCUT2D eigenvalue weighted by Gasteiger charge is 2.11. The minimum Gasteiger partial charge on any atom is -0.355 e. The number of hydrogen-bond acceptors (Lipinski definition) is 3. The van der Waals surface area contributed by atoms with E-state index in [-0.39, 0.29) is 11.9 Å². The molecular formula is C15H24N2OS. The van der Waals surface area contributed by atoms with E-state index in [0.29, 0.717) is 6.54 Å². The number of thioether (sulfide) groups is 1. The van der Waals surface area contributed by atoms with E-state index in [4.69, 9.17) is 5.73 Å². The molecule has 0 radical (unpaired) electrons. The molecule has 4 heteroatoms. The Bertz CT molecular complexity index is 356. The average molecular weight is 280 g/mol. The maximum Gasteiger partial charge on any atom is 0.236 e. The van der Waals surface area contributed by atoms with Crippen molar-refractivity contribution in [3.63, 3.8) is 0 Å². The lowest BCUT2D eigenvalue weighted by molar-refractivity contribution is -0.122. The molecule has 1 amide bonds. The van der Waals surface area contributed by atoms with Gasteiger partial charge < -0.3 is 11.1 Å². The summed E-state index contributed by atoms with van der Waals surface area (Å²) < 4.78 is 0.